The maximum Gasteiger partial charge on any atom is 0.123 e. The molecule has 0 aliphatic carbocycles. The molecular weight excluding hydrogens is 381 g/mol. The third-order valence-corrected chi connectivity index (χ3v) is 4.85. The number of aliphatic hydroxyl groups is 1. The van der Waals surface area contributed by atoms with Crippen LogP contribution in [0.1, 0.15) is 16.7 Å². The van der Waals surface area contributed by atoms with Gasteiger partial charge in [-0.1, -0.05) is 42.5 Å². The van der Waals surface area contributed by atoms with E-state index in [9.17, 15) is 9.50 Å². The van der Waals surface area contributed by atoms with E-state index >= 15 is 0 Å². The number of para-hydroxylation sites is 1. The van der Waals surface area contributed by atoms with E-state index in [-0.39, 0.29) is 12.4 Å². The zero-order valence-electron chi connectivity index (χ0n) is 17.4. The largest absolute Gasteiger partial charge is 0.497 e. The van der Waals surface area contributed by atoms with Crippen LogP contribution in [0.2, 0.25) is 0 Å². The number of methoxy groups -OCH3 is 1. The van der Waals surface area contributed by atoms with Crippen molar-refractivity contribution in [1.82, 2.24) is 4.90 Å². The van der Waals surface area contributed by atoms with E-state index in [1.165, 1.54) is 12.1 Å². The van der Waals surface area contributed by atoms with Gasteiger partial charge in [-0.05, 0) is 53.9 Å². The van der Waals surface area contributed by atoms with E-state index in [0.717, 1.165) is 28.2 Å². The minimum atomic E-state index is -0.671. The lowest BCUT2D eigenvalue weighted by Crippen LogP contribution is -2.35. The maximum absolute atomic E-state index is 13.3. The Balaban J connectivity index is 1.67. The number of rotatable bonds is 10. The first-order chi connectivity index (χ1) is 14.5. The Morgan fingerprint density at radius 3 is 2.40 bits per heavy atom. The molecule has 158 valence electrons. The van der Waals surface area contributed by atoms with E-state index in [2.05, 4.69) is 4.90 Å². The Bertz CT molecular complexity index is 930. The number of hydrogen-bond donors (Lipinski definition) is 1. The molecule has 0 aliphatic heterocycles. The summed E-state index contributed by atoms with van der Waals surface area (Å²) >= 11 is 0. The Morgan fingerprint density at radius 1 is 0.933 bits per heavy atom. The van der Waals surface area contributed by atoms with Gasteiger partial charge in [0.1, 0.15) is 30.0 Å². The van der Waals surface area contributed by atoms with E-state index in [1.54, 1.807) is 19.2 Å². The van der Waals surface area contributed by atoms with Crippen LogP contribution in [0.4, 0.5) is 4.39 Å². The van der Waals surface area contributed by atoms with Gasteiger partial charge in [0.15, 0.2) is 0 Å². The summed E-state index contributed by atoms with van der Waals surface area (Å²) in [6.45, 7) is 3.80. The molecule has 3 rings (SSSR count). The normalized spacial score (nSPS) is 12.0. The van der Waals surface area contributed by atoms with Crippen molar-refractivity contribution in [3.05, 3.63) is 95.3 Å². The Morgan fingerprint density at radius 2 is 1.67 bits per heavy atom. The van der Waals surface area contributed by atoms with Crippen LogP contribution in [-0.4, -0.2) is 36.4 Å². The van der Waals surface area contributed by atoms with E-state index < -0.39 is 6.10 Å². The summed E-state index contributed by atoms with van der Waals surface area (Å²) in [5, 5.41) is 10.6. The highest BCUT2D eigenvalue weighted by Gasteiger charge is 2.15. The van der Waals surface area contributed by atoms with Gasteiger partial charge in [-0.2, -0.15) is 0 Å². The first kappa shape index (κ1) is 21.8. The molecule has 1 unspecified atom stereocenters. The van der Waals surface area contributed by atoms with Crippen molar-refractivity contribution in [2.45, 2.75) is 26.1 Å². The van der Waals surface area contributed by atoms with E-state index in [4.69, 9.17) is 9.47 Å². The number of ether oxygens (including phenoxy) is 2. The van der Waals surface area contributed by atoms with Gasteiger partial charge in [-0.15, -0.1) is 0 Å². The molecule has 1 atom stereocenters. The zero-order valence-corrected chi connectivity index (χ0v) is 17.4. The number of nitrogens with zero attached hydrogens (tertiary/aromatic N) is 1. The fraction of sp³-hybridized carbons (Fsp3) is 0.280. The van der Waals surface area contributed by atoms with Crippen molar-refractivity contribution in [2.75, 3.05) is 20.3 Å². The van der Waals surface area contributed by atoms with E-state index in [0.29, 0.717) is 19.6 Å². The maximum atomic E-state index is 13.3. The van der Waals surface area contributed by atoms with Gasteiger partial charge in [0.2, 0.25) is 0 Å². The second-order valence-electron chi connectivity index (χ2n) is 7.38. The lowest BCUT2D eigenvalue weighted by atomic mass is 10.1. The second-order valence-corrected chi connectivity index (χ2v) is 7.38. The van der Waals surface area contributed by atoms with Crippen molar-refractivity contribution < 1.29 is 19.0 Å². The predicted octanol–water partition coefficient (Wildman–Crippen LogP) is 4.58. The molecule has 30 heavy (non-hydrogen) atoms. The Kier molecular flexibility index (Phi) is 7.82. The van der Waals surface area contributed by atoms with Gasteiger partial charge >= 0.3 is 0 Å². The third-order valence-electron chi connectivity index (χ3n) is 4.85. The van der Waals surface area contributed by atoms with Crippen LogP contribution in [0, 0.1) is 12.7 Å². The molecule has 0 aliphatic rings. The minimum Gasteiger partial charge on any atom is -0.497 e. The summed E-state index contributed by atoms with van der Waals surface area (Å²) in [6.07, 6.45) is -0.671. The van der Waals surface area contributed by atoms with Crippen LogP contribution in [-0.2, 0) is 13.1 Å². The molecule has 0 bridgehead atoms. The molecule has 0 radical (unpaired) electrons. The van der Waals surface area contributed by atoms with Gasteiger partial charge in [0.25, 0.3) is 0 Å². The Labute approximate surface area is 177 Å². The highest BCUT2D eigenvalue weighted by atomic mass is 19.1. The average molecular weight is 410 g/mol. The highest BCUT2D eigenvalue weighted by molar-refractivity contribution is 5.31. The van der Waals surface area contributed by atoms with Crippen molar-refractivity contribution >= 4 is 0 Å². The molecule has 0 aromatic heterocycles. The summed E-state index contributed by atoms with van der Waals surface area (Å²) in [5.74, 6) is 1.30. The van der Waals surface area contributed by atoms with Gasteiger partial charge in [-0.25, -0.2) is 4.39 Å². The lowest BCUT2D eigenvalue weighted by Gasteiger charge is -2.26. The first-order valence-corrected chi connectivity index (χ1v) is 9.99. The summed E-state index contributed by atoms with van der Waals surface area (Å²) < 4.78 is 24.4. The van der Waals surface area contributed by atoms with Gasteiger partial charge < -0.3 is 14.6 Å². The molecule has 0 heterocycles. The molecule has 0 amide bonds. The third kappa shape index (κ3) is 6.58. The predicted molar refractivity (Wildman–Crippen MR) is 116 cm³/mol. The number of aryl methyl sites for hydroxylation is 1. The molecule has 3 aromatic rings. The zero-order chi connectivity index (χ0) is 21.3. The van der Waals surface area contributed by atoms with Crippen molar-refractivity contribution in [3.63, 3.8) is 0 Å². The second kappa shape index (κ2) is 10.8. The summed E-state index contributed by atoms with van der Waals surface area (Å²) in [7, 11) is 1.64. The number of aliphatic hydroxyl groups excluding tert-OH is 1. The van der Waals surface area contributed by atoms with Crippen LogP contribution in [0.3, 0.4) is 0 Å². The van der Waals surface area contributed by atoms with Crippen molar-refractivity contribution in [2.24, 2.45) is 0 Å². The summed E-state index contributed by atoms with van der Waals surface area (Å²) in [5.41, 5.74) is 3.08. The lowest BCUT2D eigenvalue weighted by molar-refractivity contribution is 0.0626. The fourth-order valence-corrected chi connectivity index (χ4v) is 3.32. The summed E-state index contributed by atoms with van der Waals surface area (Å²) in [4.78, 5) is 2.12. The molecule has 5 heteroatoms. The molecular formula is C25H28FNO3. The van der Waals surface area contributed by atoms with Crippen LogP contribution in [0.25, 0.3) is 0 Å². The van der Waals surface area contributed by atoms with Gasteiger partial charge in [0.05, 0.1) is 7.11 Å². The van der Waals surface area contributed by atoms with Crippen LogP contribution < -0.4 is 9.47 Å². The highest BCUT2D eigenvalue weighted by Crippen LogP contribution is 2.18. The van der Waals surface area contributed by atoms with Crippen molar-refractivity contribution in [1.29, 1.82) is 0 Å². The SMILES string of the molecule is COc1cccc(CN(Cc2ccc(F)cc2)CC(O)COc2ccccc2C)c1. The van der Waals surface area contributed by atoms with Gasteiger partial charge in [-0.3, -0.25) is 4.90 Å². The van der Waals surface area contributed by atoms with Crippen LogP contribution in [0.15, 0.2) is 72.8 Å². The molecule has 0 saturated carbocycles. The molecule has 1 N–H and O–H groups in total. The monoisotopic (exact) mass is 409 g/mol. The summed E-state index contributed by atoms with van der Waals surface area (Å²) in [6, 6.07) is 22.0. The molecule has 0 spiro atoms. The quantitative estimate of drug-likeness (QED) is 0.532. The molecule has 4 nitrogen and oxygen atoms in total. The molecule has 0 fully saturated rings. The topological polar surface area (TPSA) is 41.9 Å². The minimum absolute atomic E-state index is 0.197. The number of halogens is 1. The fourth-order valence-electron chi connectivity index (χ4n) is 3.32. The van der Waals surface area contributed by atoms with Crippen molar-refractivity contribution in [3.8, 4) is 11.5 Å². The first-order valence-electron chi connectivity index (χ1n) is 9.99. The standard InChI is InChI=1S/C25H28FNO3/c1-19-6-3-4-9-25(19)30-18-23(28)17-27(15-20-10-12-22(26)13-11-20)16-21-7-5-8-24(14-21)29-2/h3-14,23,28H,15-18H2,1-2H3. The molecule has 0 saturated heterocycles. The smallest absolute Gasteiger partial charge is 0.123 e. The molecule has 3 aromatic carbocycles. The van der Waals surface area contributed by atoms with Gasteiger partial charge in [0, 0.05) is 19.6 Å². The van der Waals surface area contributed by atoms with E-state index in [1.807, 2.05) is 55.5 Å². The van der Waals surface area contributed by atoms with Crippen LogP contribution in [0.5, 0.6) is 11.5 Å². The Hall–Kier alpha value is -2.89. The number of hydrogen-bond acceptors (Lipinski definition) is 4. The number of benzene rings is 3. The average Bonchev–Trinajstić information content (AvgIpc) is 2.75. The van der Waals surface area contributed by atoms with Crippen LogP contribution >= 0.6 is 0 Å².